The molecule has 0 fully saturated rings. The molecule has 52 valence electrons. The van der Waals surface area contributed by atoms with Crippen molar-refractivity contribution in [3.8, 4) is 0 Å². The van der Waals surface area contributed by atoms with Gasteiger partial charge in [0.05, 0.1) is 0 Å². The molecule has 0 spiro atoms. The molecule has 0 unspecified atom stereocenters. The van der Waals surface area contributed by atoms with E-state index >= 15 is 0 Å². The Balaban J connectivity index is 2.34. The maximum absolute atomic E-state index is 4.30. The molecular weight excluding hydrogens is 126 g/mol. The topological polar surface area (TPSA) is 27.6 Å². The molecule has 10 heavy (non-hydrogen) atoms. The lowest BCUT2D eigenvalue weighted by atomic mass is 10.3. The number of hydrazine groups is 1. The van der Waals surface area contributed by atoms with E-state index in [0.29, 0.717) is 0 Å². The van der Waals surface area contributed by atoms with E-state index in [1.54, 1.807) is 0 Å². The third-order valence-electron chi connectivity index (χ3n) is 1.55. The molecule has 0 amide bonds. The van der Waals surface area contributed by atoms with Crippen molar-refractivity contribution in [2.24, 2.45) is 4.99 Å². The summed E-state index contributed by atoms with van der Waals surface area (Å²) in [6, 6.07) is 0. The molecule has 2 heterocycles. The van der Waals surface area contributed by atoms with Crippen LogP contribution in [0.2, 0.25) is 0 Å². The third kappa shape index (κ3) is 0.752. The first-order chi connectivity index (χ1) is 4.86. The summed E-state index contributed by atoms with van der Waals surface area (Å²) in [5.74, 6) is 1.01. The average Bonchev–Trinajstić information content (AvgIpc) is 2.33. The van der Waals surface area contributed by atoms with Gasteiger partial charge in [0.25, 0.3) is 0 Å². The van der Waals surface area contributed by atoms with Gasteiger partial charge in [-0.3, -0.25) is 5.01 Å². The van der Waals surface area contributed by atoms with Gasteiger partial charge >= 0.3 is 0 Å². The Hall–Kier alpha value is -1.09. The summed E-state index contributed by atoms with van der Waals surface area (Å²) in [6.45, 7) is 2.88. The highest BCUT2D eigenvalue weighted by atomic mass is 15.5. The quantitative estimate of drug-likeness (QED) is 0.527. The van der Waals surface area contributed by atoms with Gasteiger partial charge in [-0.25, -0.2) is 10.4 Å². The summed E-state index contributed by atoms with van der Waals surface area (Å²) in [5, 5.41) is 1.92. The fourth-order valence-electron chi connectivity index (χ4n) is 1.04. The average molecular weight is 135 g/mol. The Morgan fingerprint density at radius 3 is 3.50 bits per heavy atom. The number of allylic oxidation sites excluding steroid dienone is 1. The summed E-state index contributed by atoms with van der Waals surface area (Å²) in [5.41, 5.74) is 4.19. The van der Waals surface area contributed by atoms with E-state index in [-0.39, 0.29) is 0 Å². The zero-order valence-corrected chi connectivity index (χ0v) is 5.83. The molecule has 0 atom stereocenters. The van der Waals surface area contributed by atoms with E-state index < -0.39 is 0 Å². The first kappa shape index (κ1) is 5.68. The summed E-state index contributed by atoms with van der Waals surface area (Å²) < 4.78 is 0. The van der Waals surface area contributed by atoms with Gasteiger partial charge in [0.15, 0.2) is 0 Å². The molecule has 2 rings (SSSR count). The summed E-state index contributed by atoms with van der Waals surface area (Å²) in [7, 11) is 0. The lowest BCUT2D eigenvalue weighted by molar-refractivity contribution is 0.382. The van der Waals surface area contributed by atoms with Crippen LogP contribution in [0.5, 0.6) is 0 Å². The number of aliphatic imine (C=N–C) groups is 1. The highest BCUT2D eigenvalue weighted by Crippen LogP contribution is 2.13. The van der Waals surface area contributed by atoms with E-state index in [1.165, 1.54) is 0 Å². The van der Waals surface area contributed by atoms with Crippen molar-refractivity contribution < 1.29 is 0 Å². The molecule has 2 aliphatic rings. The predicted octanol–water partition coefficient (Wildman–Crippen LogP) is 0.636. The highest BCUT2D eigenvalue weighted by molar-refractivity contribution is 5.94. The number of nitrogens with one attached hydrogen (secondary N) is 1. The van der Waals surface area contributed by atoms with Crippen molar-refractivity contribution in [3.05, 3.63) is 24.2 Å². The van der Waals surface area contributed by atoms with Gasteiger partial charge in [-0.2, -0.15) is 0 Å². The molecule has 0 saturated heterocycles. The normalized spacial score (nSPS) is 22.3. The van der Waals surface area contributed by atoms with E-state index in [9.17, 15) is 0 Å². The van der Waals surface area contributed by atoms with E-state index in [2.05, 4.69) is 16.5 Å². The second-order valence-corrected chi connectivity index (χ2v) is 2.36. The molecular formula is C7H9N3. The lowest BCUT2D eigenvalue weighted by Crippen LogP contribution is -2.27. The Morgan fingerprint density at radius 1 is 1.70 bits per heavy atom. The van der Waals surface area contributed by atoms with Crippen molar-refractivity contribution >= 4 is 5.71 Å². The monoisotopic (exact) mass is 135 g/mol. The molecule has 0 bridgehead atoms. The molecule has 0 aromatic heterocycles. The Bertz CT molecular complexity index is 237. The fraction of sp³-hybridized carbons (Fsp3) is 0.286. The summed E-state index contributed by atoms with van der Waals surface area (Å²) in [6.07, 6.45) is 6.03. The molecule has 3 heteroatoms. The largest absolute Gasteiger partial charge is 0.267 e. The molecule has 0 radical (unpaired) electrons. The lowest BCUT2D eigenvalue weighted by Gasteiger charge is -2.17. The second kappa shape index (κ2) is 1.95. The Labute approximate surface area is 59.7 Å². The highest BCUT2D eigenvalue weighted by Gasteiger charge is 2.13. The van der Waals surface area contributed by atoms with Crippen LogP contribution < -0.4 is 5.43 Å². The van der Waals surface area contributed by atoms with Gasteiger partial charge in [-0.1, -0.05) is 0 Å². The molecule has 0 saturated carbocycles. The SMILES string of the molecule is CC1=NC2=CCNN2C=C1. The summed E-state index contributed by atoms with van der Waals surface area (Å²) in [4.78, 5) is 4.30. The number of nitrogens with zero attached hydrogens (tertiary/aromatic N) is 2. The third-order valence-corrected chi connectivity index (χ3v) is 1.55. The van der Waals surface area contributed by atoms with Gasteiger partial charge in [0.2, 0.25) is 0 Å². The van der Waals surface area contributed by atoms with Gasteiger partial charge in [0.1, 0.15) is 5.82 Å². The summed E-state index contributed by atoms with van der Waals surface area (Å²) >= 11 is 0. The minimum absolute atomic E-state index is 0.885. The maximum atomic E-state index is 4.30. The van der Waals surface area contributed by atoms with Gasteiger partial charge in [-0.05, 0) is 19.1 Å². The fourth-order valence-corrected chi connectivity index (χ4v) is 1.04. The van der Waals surface area contributed by atoms with Crippen molar-refractivity contribution in [2.75, 3.05) is 6.54 Å². The molecule has 0 aromatic carbocycles. The Morgan fingerprint density at radius 2 is 2.60 bits per heavy atom. The first-order valence-corrected chi connectivity index (χ1v) is 3.33. The molecule has 0 aliphatic carbocycles. The number of hydrogen-bond acceptors (Lipinski definition) is 3. The minimum Gasteiger partial charge on any atom is -0.267 e. The zero-order valence-electron chi connectivity index (χ0n) is 5.83. The predicted molar refractivity (Wildman–Crippen MR) is 40.2 cm³/mol. The standard InChI is InChI=1S/C7H9N3/c1-6-3-5-10-7(9-6)2-4-8-10/h2-3,5,8H,4H2,1H3. The first-order valence-electron chi connectivity index (χ1n) is 3.33. The number of fused-ring (bicyclic) bond motifs is 1. The number of hydrogen-bond donors (Lipinski definition) is 1. The Kier molecular flexibility index (Phi) is 1.11. The van der Waals surface area contributed by atoms with Crippen molar-refractivity contribution in [1.82, 2.24) is 10.4 Å². The van der Waals surface area contributed by atoms with Gasteiger partial charge in [0, 0.05) is 18.5 Å². The smallest absolute Gasteiger partial charge is 0.144 e. The van der Waals surface area contributed by atoms with Crippen molar-refractivity contribution in [3.63, 3.8) is 0 Å². The zero-order chi connectivity index (χ0) is 6.97. The van der Waals surface area contributed by atoms with Crippen LogP contribution in [0.3, 0.4) is 0 Å². The van der Waals surface area contributed by atoms with Crippen LogP contribution >= 0.6 is 0 Å². The molecule has 3 nitrogen and oxygen atoms in total. The second-order valence-electron chi connectivity index (χ2n) is 2.36. The van der Waals surface area contributed by atoms with Crippen LogP contribution in [0.15, 0.2) is 29.2 Å². The van der Waals surface area contributed by atoms with Crippen LogP contribution in [0.1, 0.15) is 6.92 Å². The van der Waals surface area contributed by atoms with Crippen molar-refractivity contribution in [1.29, 1.82) is 0 Å². The molecule has 2 aliphatic heterocycles. The maximum Gasteiger partial charge on any atom is 0.144 e. The van der Waals surface area contributed by atoms with Crippen LogP contribution in [0, 0.1) is 0 Å². The minimum atomic E-state index is 0.885. The number of rotatable bonds is 0. The van der Waals surface area contributed by atoms with Crippen LogP contribution in [0.4, 0.5) is 0 Å². The van der Waals surface area contributed by atoms with E-state index in [4.69, 9.17) is 0 Å². The van der Waals surface area contributed by atoms with Crippen LogP contribution in [0.25, 0.3) is 0 Å². The van der Waals surface area contributed by atoms with Gasteiger partial charge < -0.3 is 0 Å². The van der Waals surface area contributed by atoms with Gasteiger partial charge in [-0.15, -0.1) is 0 Å². The van der Waals surface area contributed by atoms with Crippen molar-refractivity contribution in [2.45, 2.75) is 6.92 Å². The van der Waals surface area contributed by atoms with E-state index in [0.717, 1.165) is 18.1 Å². The van der Waals surface area contributed by atoms with Crippen LogP contribution in [-0.2, 0) is 0 Å². The molecule has 1 N–H and O–H groups in total. The van der Waals surface area contributed by atoms with Crippen LogP contribution in [-0.4, -0.2) is 17.3 Å². The van der Waals surface area contributed by atoms with E-state index in [1.807, 2.05) is 24.2 Å². The molecule has 0 aromatic rings.